The maximum absolute atomic E-state index is 12.8. The molecule has 1 unspecified atom stereocenters. The highest BCUT2D eigenvalue weighted by Gasteiger charge is 2.39. The van der Waals surface area contributed by atoms with E-state index in [-0.39, 0.29) is 30.2 Å². The van der Waals surface area contributed by atoms with Gasteiger partial charge in [0.05, 0.1) is 12.2 Å². The number of imide groups is 1. The predicted octanol–water partition coefficient (Wildman–Crippen LogP) is 0.447. The van der Waals surface area contributed by atoms with Crippen LogP contribution in [-0.4, -0.2) is 60.0 Å². The van der Waals surface area contributed by atoms with Crippen molar-refractivity contribution in [1.82, 2.24) is 20.9 Å². The van der Waals surface area contributed by atoms with Gasteiger partial charge in [0.15, 0.2) is 0 Å². The third-order valence-electron chi connectivity index (χ3n) is 6.72. The molecule has 0 radical (unpaired) electrons. The number of fused-ring (bicyclic) bond motifs is 2. The van der Waals surface area contributed by atoms with Gasteiger partial charge in [0.25, 0.3) is 5.91 Å². The number of amides is 3. The molecule has 5 rings (SSSR count). The van der Waals surface area contributed by atoms with Crippen LogP contribution in [0.4, 0.5) is 0 Å². The topological polar surface area (TPSA) is 99.8 Å². The Kier molecular flexibility index (Phi) is 5.30. The lowest BCUT2D eigenvalue weighted by molar-refractivity contribution is -0.136. The number of benzene rings is 1. The van der Waals surface area contributed by atoms with Gasteiger partial charge in [-0.05, 0) is 42.9 Å². The molecule has 1 aliphatic carbocycles. The quantitative estimate of drug-likeness (QED) is 0.607. The fourth-order valence-electron chi connectivity index (χ4n) is 5.14. The Balaban J connectivity index is 1.16. The van der Waals surface area contributed by atoms with Gasteiger partial charge < -0.3 is 20.3 Å². The summed E-state index contributed by atoms with van der Waals surface area (Å²) in [4.78, 5) is 37.9. The van der Waals surface area contributed by atoms with Crippen molar-refractivity contribution >= 4 is 17.7 Å². The molecule has 0 spiro atoms. The first kappa shape index (κ1) is 19.7. The first-order valence-corrected chi connectivity index (χ1v) is 10.9. The number of carbonyl (C=O) groups is 3. The SMILES string of the molecule is O=C1CCC(N2Cc3cc(CNC[C@@H]4CN[C@H]5CCC[C@@H]5O4)ccc3C2=O)C(=O)N1. The first-order chi connectivity index (χ1) is 14.6. The minimum atomic E-state index is -0.570. The van der Waals surface area contributed by atoms with E-state index in [0.717, 1.165) is 30.6 Å². The molecule has 30 heavy (non-hydrogen) atoms. The highest BCUT2D eigenvalue weighted by atomic mass is 16.5. The summed E-state index contributed by atoms with van der Waals surface area (Å²) in [6.45, 7) is 2.78. The van der Waals surface area contributed by atoms with Gasteiger partial charge in [-0.1, -0.05) is 12.1 Å². The molecule has 1 aromatic rings. The second-order valence-corrected chi connectivity index (χ2v) is 8.76. The number of carbonyl (C=O) groups excluding carboxylic acids is 3. The predicted molar refractivity (Wildman–Crippen MR) is 108 cm³/mol. The summed E-state index contributed by atoms with van der Waals surface area (Å²) in [6, 6.07) is 5.81. The number of rotatable bonds is 5. The average molecular weight is 412 g/mol. The molecule has 4 atom stereocenters. The zero-order valence-electron chi connectivity index (χ0n) is 17.0. The molecule has 1 saturated carbocycles. The summed E-state index contributed by atoms with van der Waals surface area (Å²) in [7, 11) is 0. The monoisotopic (exact) mass is 412 g/mol. The van der Waals surface area contributed by atoms with Crippen molar-refractivity contribution in [2.24, 2.45) is 0 Å². The number of hydrogen-bond donors (Lipinski definition) is 3. The molecule has 3 aliphatic heterocycles. The largest absolute Gasteiger partial charge is 0.371 e. The Hall–Kier alpha value is -2.29. The van der Waals surface area contributed by atoms with Crippen molar-refractivity contribution < 1.29 is 19.1 Å². The van der Waals surface area contributed by atoms with Gasteiger partial charge in [-0.3, -0.25) is 19.7 Å². The van der Waals surface area contributed by atoms with Crippen LogP contribution in [0.15, 0.2) is 18.2 Å². The van der Waals surface area contributed by atoms with Crippen LogP contribution < -0.4 is 16.0 Å². The van der Waals surface area contributed by atoms with E-state index in [1.165, 1.54) is 12.8 Å². The van der Waals surface area contributed by atoms with Crippen molar-refractivity contribution in [3.8, 4) is 0 Å². The number of ether oxygens (including phenoxy) is 1. The van der Waals surface area contributed by atoms with Crippen molar-refractivity contribution in [2.75, 3.05) is 13.1 Å². The van der Waals surface area contributed by atoms with E-state index >= 15 is 0 Å². The first-order valence-electron chi connectivity index (χ1n) is 10.9. The third kappa shape index (κ3) is 3.75. The average Bonchev–Trinajstić information content (AvgIpc) is 3.32. The summed E-state index contributed by atoms with van der Waals surface area (Å²) in [5.74, 6) is -0.777. The van der Waals surface area contributed by atoms with E-state index in [4.69, 9.17) is 4.74 Å². The molecule has 1 aromatic carbocycles. The molecule has 8 heteroatoms. The van der Waals surface area contributed by atoms with E-state index in [2.05, 4.69) is 16.0 Å². The Morgan fingerprint density at radius 2 is 2.07 bits per heavy atom. The summed E-state index contributed by atoms with van der Waals surface area (Å²) in [5.41, 5.74) is 2.69. The van der Waals surface area contributed by atoms with Crippen LogP contribution in [0.25, 0.3) is 0 Å². The lowest BCUT2D eigenvalue weighted by atomic mass is 10.0. The van der Waals surface area contributed by atoms with Crippen molar-refractivity contribution in [2.45, 2.75) is 69.5 Å². The Morgan fingerprint density at radius 3 is 2.93 bits per heavy atom. The number of nitrogens with one attached hydrogen (secondary N) is 3. The summed E-state index contributed by atoms with van der Waals surface area (Å²) in [6.07, 6.45) is 4.80. The standard InChI is InChI=1S/C22H28N4O4/c27-20-7-6-18(21(28)25-20)26-12-14-8-13(4-5-16(14)22(26)29)9-23-10-15-11-24-17-2-1-3-19(17)30-15/h4-5,8,15,17-19,23-24H,1-3,6-7,9-12H2,(H,25,27,28)/t15-,17+,18?,19+/m1/s1. The number of hydrogen-bond acceptors (Lipinski definition) is 6. The minimum Gasteiger partial charge on any atom is -0.371 e. The Morgan fingerprint density at radius 1 is 1.17 bits per heavy atom. The highest BCUT2D eigenvalue weighted by molar-refractivity contribution is 6.05. The summed E-state index contributed by atoms with van der Waals surface area (Å²) in [5, 5.41) is 9.41. The van der Waals surface area contributed by atoms with E-state index in [0.29, 0.717) is 37.2 Å². The van der Waals surface area contributed by atoms with Gasteiger partial charge in [0.1, 0.15) is 6.04 Å². The number of nitrogens with zero attached hydrogens (tertiary/aromatic N) is 1. The zero-order chi connectivity index (χ0) is 20.7. The second kappa shape index (κ2) is 8.09. The zero-order valence-corrected chi connectivity index (χ0v) is 17.0. The van der Waals surface area contributed by atoms with Gasteiger partial charge in [-0.25, -0.2) is 0 Å². The molecule has 4 aliphatic rings. The fourth-order valence-corrected chi connectivity index (χ4v) is 5.14. The summed E-state index contributed by atoms with van der Waals surface area (Å²) < 4.78 is 6.20. The van der Waals surface area contributed by atoms with Gasteiger partial charge in [0.2, 0.25) is 11.8 Å². The van der Waals surface area contributed by atoms with Crippen LogP contribution >= 0.6 is 0 Å². The molecule has 0 aromatic heterocycles. The molecule has 3 fully saturated rings. The molecule has 160 valence electrons. The van der Waals surface area contributed by atoms with Gasteiger partial charge in [-0.2, -0.15) is 0 Å². The van der Waals surface area contributed by atoms with Gasteiger partial charge >= 0.3 is 0 Å². The van der Waals surface area contributed by atoms with Crippen molar-refractivity contribution in [1.29, 1.82) is 0 Å². The highest BCUT2D eigenvalue weighted by Crippen LogP contribution is 2.28. The molecular formula is C22H28N4O4. The van der Waals surface area contributed by atoms with Crippen LogP contribution in [0.3, 0.4) is 0 Å². The molecular weight excluding hydrogens is 384 g/mol. The van der Waals surface area contributed by atoms with Crippen LogP contribution in [0.5, 0.6) is 0 Å². The van der Waals surface area contributed by atoms with Crippen LogP contribution in [0.2, 0.25) is 0 Å². The van der Waals surface area contributed by atoms with Crippen LogP contribution in [0.1, 0.15) is 53.6 Å². The van der Waals surface area contributed by atoms with E-state index in [9.17, 15) is 14.4 Å². The van der Waals surface area contributed by atoms with Crippen LogP contribution in [-0.2, 0) is 27.4 Å². The molecule has 2 saturated heterocycles. The van der Waals surface area contributed by atoms with Crippen molar-refractivity contribution in [3.05, 3.63) is 34.9 Å². The van der Waals surface area contributed by atoms with E-state index < -0.39 is 6.04 Å². The van der Waals surface area contributed by atoms with Crippen LogP contribution in [0, 0.1) is 0 Å². The maximum atomic E-state index is 12.8. The lowest BCUT2D eigenvalue weighted by Crippen LogP contribution is -2.52. The van der Waals surface area contributed by atoms with Crippen molar-refractivity contribution in [3.63, 3.8) is 0 Å². The molecule has 3 heterocycles. The third-order valence-corrected chi connectivity index (χ3v) is 6.72. The molecule has 8 nitrogen and oxygen atoms in total. The van der Waals surface area contributed by atoms with E-state index in [1.54, 1.807) is 4.90 Å². The molecule has 3 amide bonds. The fraction of sp³-hybridized carbons (Fsp3) is 0.591. The normalized spacial score (nSPS) is 30.9. The summed E-state index contributed by atoms with van der Waals surface area (Å²) >= 11 is 0. The molecule has 0 bridgehead atoms. The maximum Gasteiger partial charge on any atom is 0.255 e. The minimum absolute atomic E-state index is 0.133. The Labute approximate surface area is 175 Å². The molecule has 3 N–H and O–H groups in total. The second-order valence-electron chi connectivity index (χ2n) is 8.76. The number of morpholine rings is 1. The number of piperidine rings is 1. The van der Waals surface area contributed by atoms with Gasteiger partial charge in [0, 0.05) is 44.2 Å². The smallest absolute Gasteiger partial charge is 0.255 e. The van der Waals surface area contributed by atoms with Gasteiger partial charge in [-0.15, -0.1) is 0 Å². The Bertz CT molecular complexity index is 873. The lowest BCUT2D eigenvalue weighted by Gasteiger charge is -2.33. The van der Waals surface area contributed by atoms with E-state index in [1.807, 2.05) is 18.2 Å².